The maximum Gasteiger partial charge on any atom is 0.242 e. The van der Waals surface area contributed by atoms with E-state index in [4.69, 9.17) is 4.74 Å². The van der Waals surface area contributed by atoms with Crippen molar-refractivity contribution < 1.29 is 14.3 Å². The predicted molar refractivity (Wildman–Crippen MR) is 87.3 cm³/mol. The molecule has 0 aromatic heterocycles. The number of hydrogen-bond donors (Lipinski definition) is 2. The fourth-order valence-electron chi connectivity index (χ4n) is 3.74. The minimum absolute atomic E-state index is 0.0118. The van der Waals surface area contributed by atoms with Crippen LogP contribution in [0.1, 0.15) is 44.1 Å². The summed E-state index contributed by atoms with van der Waals surface area (Å²) in [6, 6.07) is 7.36. The van der Waals surface area contributed by atoms with Crippen LogP contribution in [0.3, 0.4) is 0 Å². The molecule has 1 saturated heterocycles. The van der Waals surface area contributed by atoms with E-state index in [1.165, 1.54) is 0 Å². The first kappa shape index (κ1) is 15.8. The van der Waals surface area contributed by atoms with Crippen molar-refractivity contribution in [3.8, 4) is 5.75 Å². The number of ether oxygens (including phenoxy) is 1. The molecule has 1 unspecified atom stereocenters. The van der Waals surface area contributed by atoms with Gasteiger partial charge in [-0.15, -0.1) is 0 Å². The first-order valence-electron chi connectivity index (χ1n) is 8.39. The fourth-order valence-corrected chi connectivity index (χ4v) is 3.74. The molecule has 1 aromatic carbocycles. The van der Waals surface area contributed by atoms with Gasteiger partial charge in [0.2, 0.25) is 11.8 Å². The van der Waals surface area contributed by atoms with E-state index in [0.717, 1.165) is 49.8 Å². The SMILES string of the molecule is COc1ccc(C2(C(=O)NC3CCCNC3=O)CCCC2)cc1. The van der Waals surface area contributed by atoms with Crippen molar-refractivity contribution in [1.29, 1.82) is 0 Å². The van der Waals surface area contributed by atoms with Crippen molar-refractivity contribution in [2.24, 2.45) is 0 Å². The number of carbonyl (C=O) groups excluding carboxylic acids is 2. The van der Waals surface area contributed by atoms with Gasteiger partial charge in [0.05, 0.1) is 12.5 Å². The number of methoxy groups -OCH3 is 1. The number of rotatable bonds is 4. The summed E-state index contributed by atoms with van der Waals surface area (Å²) in [5.74, 6) is 0.712. The molecular formula is C18H24N2O3. The average molecular weight is 316 g/mol. The number of nitrogens with one attached hydrogen (secondary N) is 2. The Morgan fingerprint density at radius 2 is 1.91 bits per heavy atom. The zero-order valence-electron chi connectivity index (χ0n) is 13.6. The quantitative estimate of drug-likeness (QED) is 0.891. The van der Waals surface area contributed by atoms with Gasteiger partial charge in [0, 0.05) is 6.54 Å². The minimum Gasteiger partial charge on any atom is -0.497 e. The number of carbonyl (C=O) groups is 2. The fraction of sp³-hybridized carbons (Fsp3) is 0.556. The molecule has 2 aliphatic rings. The van der Waals surface area contributed by atoms with Gasteiger partial charge in [0.1, 0.15) is 11.8 Å². The van der Waals surface area contributed by atoms with Crippen molar-refractivity contribution in [3.05, 3.63) is 29.8 Å². The van der Waals surface area contributed by atoms with Gasteiger partial charge in [-0.25, -0.2) is 0 Å². The molecule has 1 aromatic rings. The Balaban J connectivity index is 1.81. The molecule has 2 N–H and O–H groups in total. The summed E-state index contributed by atoms with van der Waals surface area (Å²) in [4.78, 5) is 24.9. The molecule has 3 rings (SSSR count). The first-order valence-corrected chi connectivity index (χ1v) is 8.39. The highest BCUT2D eigenvalue weighted by Crippen LogP contribution is 2.42. The van der Waals surface area contributed by atoms with Gasteiger partial charge in [-0.2, -0.15) is 0 Å². The molecule has 2 amide bonds. The molecule has 0 spiro atoms. The molecule has 1 saturated carbocycles. The van der Waals surface area contributed by atoms with Crippen LogP contribution in [-0.4, -0.2) is 31.5 Å². The minimum atomic E-state index is -0.510. The summed E-state index contributed by atoms with van der Waals surface area (Å²) in [7, 11) is 1.63. The van der Waals surface area contributed by atoms with Crippen molar-refractivity contribution >= 4 is 11.8 Å². The Bertz CT molecular complexity index is 576. The molecule has 1 heterocycles. The third-order valence-electron chi connectivity index (χ3n) is 5.12. The molecule has 1 aliphatic heterocycles. The summed E-state index contributed by atoms with van der Waals surface area (Å²) in [5.41, 5.74) is 0.508. The third-order valence-corrected chi connectivity index (χ3v) is 5.12. The van der Waals surface area contributed by atoms with Crippen LogP contribution in [0.15, 0.2) is 24.3 Å². The van der Waals surface area contributed by atoms with Crippen LogP contribution in [0.5, 0.6) is 5.75 Å². The standard InChI is InChI=1S/C18H24N2O3/c1-23-14-8-6-13(7-9-14)18(10-2-3-11-18)17(22)20-15-5-4-12-19-16(15)21/h6-9,15H,2-5,10-12H2,1H3,(H,19,21)(H,20,22). The van der Waals surface area contributed by atoms with Gasteiger partial charge < -0.3 is 15.4 Å². The summed E-state index contributed by atoms with van der Waals surface area (Å²) < 4.78 is 5.21. The Morgan fingerprint density at radius 3 is 2.52 bits per heavy atom. The Morgan fingerprint density at radius 1 is 1.22 bits per heavy atom. The molecule has 124 valence electrons. The second-order valence-corrected chi connectivity index (χ2v) is 6.48. The number of amides is 2. The maximum atomic E-state index is 13.0. The van der Waals surface area contributed by atoms with Crippen LogP contribution < -0.4 is 15.4 Å². The lowest BCUT2D eigenvalue weighted by Crippen LogP contribution is -2.54. The van der Waals surface area contributed by atoms with Gasteiger partial charge in [-0.05, 0) is 43.4 Å². The van der Waals surface area contributed by atoms with Crippen LogP contribution >= 0.6 is 0 Å². The van der Waals surface area contributed by atoms with E-state index >= 15 is 0 Å². The van der Waals surface area contributed by atoms with E-state index in [-0.39, 0.29) is 11.8 Å². The monoisotopic (exact) mass is 316 g/mol. The van der Waals surface area contributed by atoms with Crippen LogP contribution in [-0.2, 0) is 15.0 Å². The number of benzene rings is 1. The van der Waals surface area contributed by atoms with E-state index in [1.54, 1.807) is 7.11 Å². The van der Waals surface area contributed by atoms with Crippen molar-refractivity contribution in [3.63, 3.8) is 0 Å². The molecule has 0 bridgehead atoms. The van der Waals surface area contributed by atoms with Crippen LogP contribution in [0.25, 0.3) is 0 Å². The normalized spacial score (nSPS) is 23.2. The maximum absolute atomic E-state index is 13.0. The van der Waals surface area contributed by atoms with Crippen LogP contribution in [0.4, 0.5) is 0 Å². The molecule has 5 nitrogen and oxygen atoms in total. The van der Waals surface area contributed by atoms with Gasteiger partial charge in [-0.3, -0.25) is 9.59 Å². The smallest absolute Gasteiger partial charge is 0.242 e. The number of piperidine rings is 1. The van der Waals surface area contributed by atoms with E-state index in [0.29, 0.717) is 6.54 Å². The lowest BCUT2D eigenvalue weighted by atomic mass is 9.77. The number of hydrogen-bond acceptors (Lipinski definition) is 3. The Labute approximate surface area is 136 Å². The van der Waals surface area contributed by atoms with Crippen LogP contribution in [0.2, 0.25) is 0 Å². The van der Waals surface area contributed by atoms with Crippen molar-refractivity contribution in [2.45, 2.75) is 50.0 Å². The molecular weight excluding hydrogens is 292 g/mol. The highest BCUT2D eigenvalue weighted by atomic mass is 16.5. The molecule has 23 heavy (non-hydrogen) atoms. The zero-order valence-corrected chi connectivity index (χ0v) is 13.6. The topological polar surface area (TPSA) is 67.4 Å². The Kier molecular flexibility index (Phi) is 4.55. The zero-order chi connectivity index (χ0) is 16.3. The van der Waals surface area contributed by atoms with Gasteiger partial charge >= 0.3 is 0 Å². The first-order chi connectivity index (χ1) is 11.2. The van der Waals surface area contributed by atoms with Crippen molar-refractivity contribution in [2.75, 3.05) is 13.7 Å². The van der Waals surface area contributed by atoms with Crippen molar-refractivity contribution in [1.82, 2.24) is 10.6 Å². The van der Waals surface area contributed by atoms with E-state index < -0.39 is 11.5 Å². The highest BCUT2D eigenvalue weighted by molar-refractivity contribution is 5.93. The van der Waals surface area contributed by atoms with E-state index in [2.05, 4.69) is 10.6 Å². The average Bonchev–Trinajstić information content (AvgIpc) is 3.08. The molecule has 2 fully saturated rings. The molecule has 1 aliphatic carbocycles. The summed E-state index contributed by atoms with van der Waals surface area (Å²) in [6.07, 6.45) is 5.37. The van der Waals surface area contributed by atoms with E-state index in [1.807, 2.05) is 24.3 Å². The largest absolute Gasteiger partial charge is 0.497 e. The summed E-state index contributed by atoms with van der Waals surface area (Å²) >= 11 is 0. The van der Waals surface area contributed by atoms with Gasteiger partial charge in [0.15, 0.2) is 0 Å². The lowest BCUT2D eigenvalue weighted by molar-refractivity contribution is -0.133. The molecule has 0 radical (unpaired) electrons. The molecule has 5 heteroatoms. The van der Waals surface area contributed by atoms with E-state index in [9.17, 15) is 9.59 Å². The molecule has 1 atom stereocenters. The highest BCUT2D eigenvalue weighted by Gasteiger charge is 2.44. The lowest BCUT2D eigenvalue weighted by Gasteiger charge is -2.32. The third kappa shape index (κ3) is 3.05. The second-order valence-electron chi connectivity index (χ2n) is 6.48. The Hall–Kier alpha value is -2.04. The second kappa shape index (κ2) is 6.60. The van der Waals surface area contributed by atoms with Crippen LogP contribution in [0, 0.1) is 0 Å². The summed E-state index contributed by atoms with van der Waals surface area (Å²) in [6.45, 7) is 0.703. The predicted octanol–water partition coefficient (Wildman–Crippen LogP) is 1.90. The summed E-state index contributed by atoms with van der Waals surface area (Å²) in [5, 5.41) is 5.82. The van der Waals surface area contributed by atoms with Gasteiger partial charge in [0.25, 0.3) is 0 Å². The van der Waals surface area contributed by atoms with Gasteiger partial charge in [-0.1, -0.05) is 25.0 Å².